The molecule has 1 aromatic carbocycles. The molecule has 1 aromatic rings. The fourth-order valence-electron chi connectivity index (χ4n) is 1.18. The summed E-state index contributed by atoms with van der Waals surface area (Å²) in [7, 11) is 1.70. The first-order valence-corrected chi connectivity index (χ1v) is 5.09. The predicted molar refractivity (Wildman–Crippen MR) is 60.8 cm³/mol. The van der Waals surface area contributed by atoms with Gasteiger partial charge in [0.25, 0.3) is 0 Å². The van der Waals surface area contributed by atoms with E-state index in [-0.39, 0.29) is 0 Å². The zero-order valence-electron chi connectivity index (χ0n) is 8.37. The van der Waals surface area contributed by atoms with Gasteiger partial charge in [0.1, 0.15) is 0 Å². The minimum absolute atomic E-state index is 0.695. The van der Waals surface area contributed by atoms with Gasteiger partial charge in [0.15, 0.2) is 0 Å². The van der Waals surface area contributed by atoms with E-state index < -0.39 is 0 Å². The van der Waals surface area contributed by atoms with Crippen molar-refractivity contribution in [1.29, 1.82) is 0 Å². The molecule has 0 aliphatic rings. The van der Waals surface area contributed by atoms with Crippen LogP contribution in [0.3, 0.4) is 0 Å². The van der Waals surface area contributed by atoms with Crippen molar-refractivity contribution in [3.8, 4) is 0 Å². The fraction of sp³-hybridized carbons (Fsp3) is 0.333. The molecule has 0 spiro atoms. The van der Waals surface area contributed by atoms with Gasteiger partial charge in [0.2, 0.25) is 0 Å². The molecule has 0 saturated carbocycles. The summed E-state index contributed by atoms with van der Waals surface area (Å²) in [5.41, 5.74) is 1.32. The molecule has 0 bridgehead atoms. The van der Waals surface area contributed by atoms with Crippen LogP contribution in [0.2, 0.25) is 5.02 Å². The molecule has 14 heavy (non-hydrogen) atoms. The summed E-state index contributed by atoms with van der Waals surface area (Å²) in [6.45, 7) is 0.695. The van der Waals surface area contributed by atoms with Gasteiger partial charge >= 0.3 is 0 Å². The van der Waals surface area contributed by atoms with Crippen LogP contribution in [0.4, 0.5) is 0 Å². The highest BCUT2D eigenvalue weighted by atomic mass is 35.5. The molecule has 2 heteroatoms. The number of aryl methyl sites for hydroxylation is 1. The quantitative estimate of drug-likeness (QED) is 0.677. The summed E-state index contributed by atoms with van der Waals surface area (Å²) in [5.74, 6) is 0. The summed E-state index contributed by atoms with van der Waals surface area (Å²) in [5, 5.41) is 0.795. The molecule has 0 aliphatic heterocycles. The number of methoxy groups -OCH3 is 1. The lowest BCUT2D eigenvalue weighted by molar-refractivity contribution is 0.233. The Bertz CT molecular complexity index is 277. The van der Waals surface area contributed by atoms with Crippen molar-refractivity contribution in [3.63, 3.8) is 0 Å². The second-order valence-electron chi connectivity index (χ2n) is 3.09. The zero-order chi connectivity index (χ0) is 10.2. The molecule has 0 aliphatic carbocycles. The van der Waals surface area contributed by atoms with E-state index in [2.05, 4.69) is 18.2 Å². The van der Waals surface area contributed by atoms with E-state index in [1.165, 1.54) is 5.56 Å². The van der Waals surface area contributed by atoms with Gasteiger partial charge in [-0.3, -0.25) is 0 Å². The summed E-state index contributed by atoms with van der Waals surface area (Å²) in [4.78, 5) is 0. The van der Waals surface area contributed by atoms with Gasteiger partial charge < -0.3 is 4.74 Å². The molecule has 0 saturated heterocycles. The maximum Gasteiger partial charge on any atom is 0.0643 e. The Morgan fingerprint density at radius 3 is 2.57 bits per heavy atom. The van der Waals surface area contributed by atoms with Gasteiger partial charge in [-0.1, -0.05) is 35.9 Å². The lowest BCUT2D eigenvalue weighted by Gasteiger charge is -1.97. The molecule has 0 aromatic heterocycles. The predicted octanol–water partition coefficient (Wildman–Crippen LogP) is 3.48. The first kappa shape index (κ1) is 11.3. The summed E-state index contributed by atoms with van der Waals surface area (Å²) in [6, 6.07) is 7.98. The van der Waals surface area contributed by atoms with Crippen molar-refractivity contribution in [2.45, 2.75) is 12.8 Å². The van der Waals surface area contributed by atoms with Gasteiger partial charge in [-0.2, -0.15) is 0 Å². The van der Waals surface area contributed by atoms with Crippen LogP contribution in [0.5, 0.6) is 0 Å². The van der Waals surface area contributed by atoms with Crippen LogP contribution < -0.4 is 0 Å². The smallest absolute Gasteiger partial charge is 0.0643 e. The van der Waals surface area contributed by atoms with Crippen LogP contribution >= 0.6 is 11.6 Å². The van der Waals surface area contributed by atoms with Crippen molar-refractivity contribution >= 4 is 11.6 Å². The number of rotatable bonds is 5. The maximum absolute atomic E-state index is 5.78. The van der Waals surface area contributed by atoms with Crippen LogP contribution in [-0.4, -0.2) is 13.7 Å². The third-order valence-electron chi connectivity index (χ3n) is 1.94. The number of hydrogen-bond donors (Lipinski definition) is 0. The Kier molecular flexibility index (Phi) is 5.35. The van der Waals surface area contributed by atoms with Crippen LogP contribution in [-0.2, 0) is 11.2 Å². The molecule has 0 heterocycles. The monoisotopic (exact) mass is 210 g/mol. The molecule has 1 nitrogen and oxygen atoms in total. The van der Waals surface area contributed by atoms with Crippen molar-refractivity contribution in [2.75, 3.05) is 13.7 Å². The molecule has 76 valence electrons. The molecule has 0 unspecified atom stereocenters. The molecule has 0 fully saturated rings. The maximum atomic E-state index is 5.78. The highest BCUT2D eigenvalue weighted by Crippen LogP contribution is 2.10. The lowest BCUT2D eigenvalue weighted by atomic mass is 10.1. The van der Waals surface area contributed by atoms with Crippen molar-refractivity contribution in [3.05, 3.63) is 47.0 Å². The Hall–Kier alpha value is -0.790. The number of hydrogen-bond acceptors (Lipinski definition) is 1. The molecular formula is C12H15ClO. The number of benzene rings is 1. The second-order valence-corrected chi connectivity index (χ2v) is 3.53. The van der Waals surface area contributed by atoms with E-state index in [0.29, 0.717) is 6.61 Å². The number of ether oxygens (including phenoxy) is 1. The third kappa shape index (κ3) is 4.45. The number of allylic oxidation sites excluding steroid dienone is 1. The van der Waals surface area contributed by atoms with Crippen LogP contribution in [0.25, 0.3) is 0 Å². The zero-order valence-corrected chi connectivity index (χ0v) is 9.13. The van der Waals surface area contributed by atoms with Crippen molar-refractivity contribution in [2.24, 2.45) is 0 Å². The van der Waals surface area contributed by atoms with Crippen LogP contribution in [0.1, 0.15) is 12.0 Å². The fourth-order valence-corrected chi connectivity index (χ4v) is 1.31. The van der Waals surface area contributed by atoms with Gasteiger partial charge in [-0.25, -0.2) is 0 Å². The van der Waals surface area contributed by atoms with E-state index in [9.17, 15) is 0 Å². The summed E-state index contributed by atoms with van der Waals surface area (Å²) in [6.07, 6.45) is 6.27. The third-order valence-corrected chi connectivity index (χ3v) is 2.19. The Labute approximate surface area is 90.3 Å². The molecule has 0 radical (unpaired) electrons. The summed E-state index contributed by atoms with van der Waals surface area (Å²) >= 11 is 5.78. The minimum Gasteiger partial charge on any atom is -0.381 e. The minimum atomic E-state index is 0.695. The highest BCUT2D eigenvalue weighted by Gasteiger charge is 1.90. The highest BCUT2D eigenvalue weighted by molar-refractivity contribution is 6.30. The molecular weight excluding hydrogens is 196 g/mol. The van der Waals surface area contributed by atoms with Crippen LogP contribution in [0.15, 0.2) is 36.4 Å². The SMILES string of the molecule is COC/C=C/CCc1ccc(Cl)cc1. The van der Waals surface area contributed by atoms with Crippen LogP contribution in [0, 0.1) is 0 Å². The van der Waals surface area contributed by atoms with E-state index in [4.69, 9.17) is 16.3 Å². The standard InChI is InChI=1S/C12H15ClO/c1-14-10-4-2-3-5-11-6-8-12(13)9-7-11/h2,4,6-9H,3,5,10H2,1H3/b4-2+. The van der Waals surface area contributed by atoms with Crippen molar-refractivity contribution < 1.29 is 4.74 Å². The van der Waals surface area contributed by atoms with E-state index in [0.717, 1.165) is 17.9 Å². The van der Waals surface area contributed by atoms with Gasteiger partial charge in [-0.15, -0.1) is 0 Å². The molecule has 0 atom stereocenters. The average molecular weight is 211 g/mol. The molecule has 0 N–H and O–H groups in total. The Balaban J connectivity index is 2.28. The van der Waals surface area contributed by atoms with Gasteiger partial charge in [0.05, 0.1) is 6.61 Å². The van der Waals surface area contributed by atoms with E-state index in [1.807, 2.05) is 18.2 Å². The van der Waals surface area contributed by atoms with Crippen molar-refractivity contribution in [1.82, 2.24) is 0 Å². The normalized spacial score (nSPS) is 11.0. The topological polar surface area (TPSA) is 9.23 Å². The first-order valence-electron chi connectivity index (χ1n) is 4.71. The largest absolute Gasteiger partial charge is 0.381 e. The first-order chi connectivity index (χ1) is 6.83. The molecule has 0 amide bonds. The lowest BCUT2D eigenvalue weighted by Crippen LogP contribution is -1.84. The summed E-state index contributed by atoms with van der Waals surface area (Å²) < 4.78 is 4.91. The number of halogens is 1. The molecule has 1 rings (SSSR count). The second kappa shape index (κ2) is 6.63. The van der Waals surface area contributed by atoms with Gasteiger partial charge in [0, 0.05) is 12.1 Å². The van der Waals surface area contributed by atoms with E-state index in [1.54, 1.807) is 7.11 Å². The van der Waals surface area contributed by atoms with E-state index >= 15 is 0 Å². The van der Waals surface area contributed by atoms with Gasteiger partial charge in [-0.05, 0) is 30.5 Å². The Morgan fingerprint density at radius 1 is 1.21 bits per heavy atom. The Morgan fingerprint density at radius 2 is 1.93 bits per heavy atom. The average Bonchev–Trinajstić information content (AvgIpc) is 2.21.